The van der Waals surface area contributed by atoms with Crippen molar-refractivity contribution in [3.63, 3.8) is 0 Å². The molecule has 1 aromatic carbocycles. The summed E-state index contributed by atoms with van der Waals surface area (Å²) in [5.74, 6) is -0.702. The first-order valence-corrected chi connectivity index (χ1v) is 8.06. The average Bonchev–Trinajstić information content (AvgIpc) is 2.46. The first-order chi connectivity index (χ1) is 9.55. The third kappa shape index (κ3) is 3.35. The molecule has 1 fully saturated rings. The molecule has 0 spiro atoms. The van der Waals surface area contributed by atoms with Crippen LogP contribution in [0, 0.1) is 5.82 Å². The van der Waals surface area contributed by atoms with E-state index in [1.54, 1.807) is 6.07 Å². The van der Waals surface area contributed by atoms with Gasteiger partial charge in [0.05, 0.1) is 13.2 Å². The van der Waals surface area contributed by atoms with Crippen LogP contribution in [-0.2, 0) is 21.3 Å². The first kappa shape index (κ1) is 15.4. The van der Waals surface area contributed by atoms with Crippen molar-refractivity contribution in [3.05, 3.63) is 29.6 Å². The van der Waals surface area contributed by atoms with Gasteiger partial charge in [0.1, 0.15) is 10.7 Å². The summed E-state index contributed by atoms with van der Waals surface area (Å²) in [6.07, 6.45) is 0. The van der Waals surface area contributed by atoms with Gasteiger partial charge in [-0.05, 0) is 24.2 Å². The van der Waals surface area contributed by atoms with E-state index in [1.807, 2.05) is 6.92 Å². The number of morpholine rings is 1. The number of rotatable bonds is 5. The Morgan fingerprint density at radius 3 is 2.65 bits per heavy atom. The van der Waals surface area contributed by atoms with Crippen LogP contribution >= 0.6 is 0 Å². The highest BCUT2D eigenvalue weighted by molar-refractivity contribution is 7.89. The van der Waals surface area contributed by atoms with Crippen LogP contribution in [0.4, 0.5) is 4.39 Å². The molecule has 1 heterocycles. The highest BCUT2D eigenvalue weighted by Gasteiger charge is 2.28. The molecule has 5 nitrogen and oxygen atoms in total. The van der Waals surface area contributed by atoms with E-state index >= 15 is 0 Å². The van der Waals surface area contributed by atoms with Crippen LogP contribution in [0.2, 0.25) is 0 Å². The molecule has 0 radical (unpaired) electrons. The minimum absolute atomic E-state index is 0.264. The fourth-order valence-electron chi connectivity index (χ4n) is 2.06. The predicted molar refractivity (Wildman–Crippen MR) is 73.4 cm³/mol. The van der Waals surface area contributed by atoms with E-state index in [-0.39, 0.29) is 18.0 Å². The lowest BCUT2D eigenvalue weighted by molar-refractivity contribution is 0.0729. The highest BCUT2D eigenvalue weighted by atomic mass is 32.2. The molecular weight excluding hydrogens is 283 g/mol. The molecular formula is C13H19FN2O3S. The Hall–Kier alpha value is -1.02. The molecule has 0 aromatic heterocycles. The van der Waals surface area contributed by atoms with Gasteiger partial charge in [0.2, 0.25) is 10.0 Å². The number of halogens is 1. The zero-order valence-electron chi connectivity index (χ0n) is 11.4. The van der Waals surface area contributed by atoms with Crippen LogP contribution in [0.25, 0.3) is 0 Å². The average molecular weight is 302 g/mol. The van der Waals surface area contributed by atoms with E-state index in [2.05, 4.69) is 5.32 Å². The van der Waals surface area contributed by atoms with Gasteiger partial charge < -0.3 is 10.1 Å². The fourth-order valence-corrected chi connectivity index (χ4v) is 3.51. The van der Waals surface area contributed by atoms with Crippen LogP contribution < -0.4 is 5.32 Å². The largest absolute Gasteiger partial charge is 0.379 e. The first-order valence-electron chi connectivity index (χ1n) is 6.62. The highest BCUT2D eigenvalue weighted by Crippen LogP contribution is 2.21. The minimum atomic E-state index is -3.77. The molecule has 1 aliphatic rings. The number of hydrogen-bond acceptors (Lipinski definition) is 4. The van der Waals surface area contributed by atoms with Gasteiger partial charge in [-0.1, -0.05) is 13.0 Å². The molecule has 0 aliphatic carbocycles. The Bertz CT molecular complexity index is 557. The third-order valence-corrected chi connectivity index (χ3v) is 5.10. The van der Waals surface area contributed by atoms with Gasteiger partial charge in [0, 0.05) is 19.6 Å². The van der Waals surface area contributed by atoms with Crippen LogP contribution in [-0.4, -0.2) is 45.6 Å². The van der Waals surface area contributed by atoms with Crippen molar-refractivity contribution in [2.24, 2.45) is 0 Å². The maximum atomic E-state index is 14.1. The standard InChI is InChI=1S/C13H19FN2O3S/c1-2-15-10-11-3-4-13(12(14)9-11)20(17,18)16-5-7-19-8-6-16/h3-4,9,15H,2,5-8,10H2,1H3. The fraction of sp³-hybridized carbons (Fsp3) is 0.538. The molecule has 20 heavy (non-hydrogen) atoms. The lowest BCUT2D eigenvalue weighted by atomic mass is 10.2. The van der Waals surface area contributed by atoms with Crippen molar-refractivity contribution >= 4 is 10.0 Å². The molecule has 0 saturated carbocycles. The van der Waals surface area contributed by atoms with E-state index in [9.17, 15) is 12.8 Å². The van der Waals surface area contributed by atoms with Gasteiger partial charge in [-0.25, -0.2) is 12.8 Å². The lowest BCUT2D eigenvalue weighted by Crippen LogP contribution is -2.40. The Morgan fingerprint density at radius 1 is 1.35 bits per heavy atom. The number of ether oxygens (including phenoxy) is 1. The summed E-state index contributed by atoms with van der Waals surface area (Å²) in [7, 11) is -3.77. The van der Waals surface area contributed by atoms with E-state index in [4.69, 9.17) is 4.74 Å². The van der Waals surface area contributed by atoms with Crippen molar-refractivity contribution in [1.29, 1.82) is 0 Å². The number of nitrogens with zero attached hydrogens (tertiary/aromatic N) is 1. The third-order valence-electron chi connectivity index (χ3n) is 3.16. The van der Waals surface area contributed by atoms with Crippen LogP contribution in [0.3, 0.4) is 0 Å². The van der Waals surface area contributed by atoms with Crippen molar-refractivity contribution in [1.82, 2.24) is 9.62 Å². The summed E-state index contributed by atoms with van der Waals surface area (Å²) < 4.78 is 45.1. The van der Waals surface area contributed by atoms with Crippen molar-refractivity contribution < 1.29 is 17.5 Å². The maximum Gasteiger partial charge on any atom is 0.246 e. The van der Waals surface area contributed by atoms with Gasteiger partial charge >= 0.3 is 0 Å². The Balaban J connectivity index is 2.23. The SMILES string of the molecule is CCNCc1ccc(S(=O)(=O)N2CCOCC2)c(F)c1. The molecule has 7 heteroatoms. The zero-order valence-corrected chi connectivity index (χ0v) is 12.2. The molecule has 2 rings (SSSR count). The second-order valence-corrected chi connectivity index (χ2v) is 6.47. The molecule has 112 valence electrons. The molecule has 1 saturated heterocycles. The molecule has 0 bridgehead atoms. The van der Waals surface area contributed by atoms with Gasteiger partial charge in [-0.15, -0.1) is 0 Å². The normalized spacial score (nSPS) is 17.3. The van der Waals surface area contributed by atoms with E-state index in [0.717, 1.165) is 12.1 Å². The summed E-state index contributed by atoms with van der Waals surface area (Å²) in [6.45, 7) is 4.47. The second-order valence-electron chi connectivity index (χ2n) is 4.56. The van der Waals surface area contributed by atoms with Crippen LogP contribution in [0.15, 0.2) is 23.1 Å². The number of nitrogens with one attached hydrogen (secondary N) is 1. The smallest absolute Gasteiger partial charge is 0.246 e. The van der Waals surface area contributed by atoms with Gasteiger partial charge in [0.25, 0.3) is 0 Å². The minimum Gasteiger partial charge on any atom is -0.379 e. The van der Waals surface area contributed by atoms with E-state index in [1.165, 1.54) is 16.4 Å². The summed E-state index contributed by atoms with van der Waals surface area (Å²) in [4.78, 5) is -0.264. The van der Waals surface area contributed by atoms with Crippen LogP contribution in [0.5, 0.6) is 0 Å². The van der Waals surface area contributed by atoms with E-state index in [0.29, 0.717) is 19.8 Å². The topological polar surface area (TPSA) is 58.6 Å². The summed E-state index contributed by atoms with van der Waals surface area (Å²) >= 11 is 0. The Labute approximate surface area is 118 Å². The molecule has 1 aliphatic heterocycles. The molecule has 1 aromatic rings. The molecule has 0 amide bonds. The molecule has 0 atom stereocenters. The number of hydrogen-bond donors (Lipinski definition) is 1. The van der Waals surface area contributed by atoms with Crippen molar-refractivity contribution in [2.75, 3.05) is 32.8 Å². The summed E-state index contributed by atoms with van der Waals surface area (Å²) in [5, 5.41) is 3.07. The number of benzene rings is 1. The van der Waals surface area contributed by atoms with Gasteiger partial charge in [-0.3, -0.25) is 0 Å². The lowest BCUT2D eigenvalue weighted by Gasteiger charge is -2.26. The Morgan fingerprint density at radius 2 is 2.05 bits per heavy atom. The summed E-state index contributed by atoms with van der Waals surface area (Å²) in [6, 6.07) is 4.25. The number of sulfonamides is 1. The molecule has 0 unspecified atom stereocenters. The predicted octanol–water partition coefficient (Wildman–Crippen LogP) is 0.956. The molecule has 1 N–H and O–H groups in total. The quantitative estimate of drug-likeness (QED) is 0.880. The van der Waals surface area contributed by atoms with Crippen molar-refractivity contribution in [2.45, 2.75) is 18.4 Å². The van der Waals surface area contributed by atoms with E-state index < -0.39 is 15.8 Å². The van der Waals surface area contributed by atoms with Gasteiger partial charge in [0.15, 0.2) is 0 Å². The Kier molecular flexibility index (Phi) is 5.09. The maximum absolute atomic E-state index is 14.1. The van der Waals surface area contributed by atoms with Gasteiger partial charge in [-0.2, -0.15) is 4.31 Å². The monoisotopic (exact) mass is 302 g/mol. The van der Waals surface area contributed by atoms with Crippen molar-refractivity contribution in [3.8, 4) is 0 Å². The van der Waals surface area contributed by atoms with Crippen LogP contribution in [0.1, 0.15) is 12.5 Å². The second kappa shape index (κ2) is 6.62. The summed E-state index contributed by atoms with van der Waals surface area (Å²) in [5.41, 5.74) is 0.727. The zero-order chi connectivity index (χ0) is 14.6.